The molecule has 3 heterocycles. The highest BCUT2D eigenvalue weighted by molar-refractivity contribution is 7.88. The third-order valence-electron chi connectivity index (χ3n) is 6.23. The first-order chi connectivity index (χ1) is 18.2. The van der Waals surface area contributed by atoms with Crippen LogP contribution in [0.5, 0.6) is 0 Å². The van der Waals surface area contributed by atoms with E-state index in [0.717, 1.165) is 44.9 Å². The van der Waals surface area contributed by atoms with Crippen LogP contribution >= 0.6 is 0 Å². The Hall–Kier alpha value is -4.72. The number of nitrogens with one attached hydrogen (secondary N) is 3. The summed E-state index contributed by atoms with van der Waals surface area (Å²) in [5.74, 6) is -0.450. The largest absolute Gasteiger partial charge is 0.392 e. The van der Waals surface area contributed by atoms with Crippen molar-refractivity contribution >= 4 is 37.6 Å². The number of anilines is 1. The topological polar surface area (TPSA) is 130 Å². The maximum absolute atomic E-state index is 14.5. The molecule has 0 aliphatic rings. The molecule has 6 rings (SSSR count). The van der Waals surface area contributed by atoms with Crippen LogP contribution < -0.4 is 10.5 Å². The van der Waals surface area contributed by atoms with Gasteiger partial charge in [-0.05, 0) is 76.9 Å². The van der Waals surface area contributed by atoms with Gasteiger partial charge in [0.25, 0.3) is 0 Å². The van der Waals surface area contributed by atoms with Gasteiger partial charge in [0.1, 0.15) is 11.5 Å². The lowest BCUT2D eigenvalue weighted by atomic mass is 9.99. The summed E-state index contributed by atoms with van der Waals surface area (Å²) in [6.45, 7) is -0.00456. The molecule has 0 radical (unpaired) electrons. The maximum Gasteiger partial charge on any atom is 0.209 e. The number of nitrogen functional groups attached to an aromatic ring is 1. The first kappa shape index (κ1) is 23.7. The Bertz CT molecular complexity index is 1940. The number of halogens is 1. The van der Waals surface area contributed by atoms with Crippen LogP contribution in [0.25, 0.3) is 55.6 Å². The molecule has 0 saturated carbocycles. The molecule has 0 fully saturated rings. The minimum Gasteiger partial charge on any atom is -0.392 e. The summed E-state index contributed by atoms with van der Waals surface area (Å²) >= 11 is 0. The van der Waals surface area contributed by atoms with Gasteiger partial charge in [-0.15, -0.1) is 0 Å². The number of benzene rings is 2. The minimum atomic E-state index is -3.41. The van der Waals surface area contributed by atoms with E-state index in [1.54, 1.807) is 18.3 Å². The molecule has 38 heavy (non-hydrogen) atoms. The fourth-order valence-electron chi connectivity index (χ4n) is 4.53. The number of rotatable bonds is 6. The minimum absolute atomic E-state index is 0.00456. The van der Waals surface area contributed by atoms with Gasteiger partial charge in [-0.25, -0.2) is 22.5 Å². The number of hydrogen-bond acceptors (Lipinski definition) is 5. The van der Waals surface area contributed by atoms with Crippen molar-refractivity contribution in [2.45, 2.75) is 6.54 Å². The quantitative estimate of drug-likeness (QED) is 0.248. The van der Waals surface area contributed by atoms with E-state index in [0.29, 0.717) is 28.2 Å². The molecule has 0 aliphatic heterocycles. The summed E-state index contributed by atoms with van der Waals surface area (Å²) in [7, 11) is -3.41. The number of sulfonamides is 1. The number of nitrogens with two attached hydrogens (primary N) is 1. The van der Waals surface area contributed by atoms with Crippen molar-refractivity contribution in [3.63, 3.8) is 0 Å². The third-order valence-corrected chi connectivity index (χ3v) is 6.90. The van der Waals surface area contributed by atoms with Gasteiger partial charge < -0.3 is 10.7 Å². The lowest BCUT2D eigenvalue weighted by molar-refractivity contribution is 0.586. The van der Waals surface area contributed by atoms with Gasteiger partial charge in [0.05, 0.1) is 17.6 Å². The molecule has 3 aromatic carbocycles. The van der Waals surface area contributed by atoms with E-state index in [4.69, 9.17) is 5.73 Å². The summed E-state index contributed by atoms with van der Waals surface area (Å²) in [6.07, 6.45) is 2.81. The molecule has 0 amide bonds. The van der Waals surface area contributed by atoms with Crippen LogP contribution in [-0.4, -0.2) is 34.8 Å². The van der Waals surface area contributed by atoms with Crippen LogP contribution in [0.1, 0.15) is 5.56 Å². The fourth-order valence-corrected chi connectivity index (χ4v) is 4.96. The molecule has 5 N–H and O–H groups in total. The lowest BCUT2D eigenvalue weighted by Gasteiger charge is -2.08. The first-order valence-electron chi connectivity index (χ1n) is 11.6. The second kappa shape index (κ2) is 8.99. The first-order valence-corrected chi connectivity index (χ1v) is 13.5. The van der Waals surface area contributed by atoms with Crippen LogP contribution in [-0.2, 0) is 16.6 Å². The molecule has 3 aromatic heterocycles. The predicted molar refractivity (Wildman–Crippen MR) is 146 cm³/mol. The average Bonchev–Trinajstić information content (AvgIpc) is 3.50. The van der Waals surface area contributed by atoms with Crippen LogP contribution in [0.4, 0.5) is 10.1 Å². The molecular weight excluding hydrogens is 503 g/mol. The van der Waals surface area contributed by atoms with Crippen LogP contribution in [0.3, 0.4) is 0 Å². The van der Waals surface area contributed by atoms with Gasteiger partial charge >= 0.3 is 0 Å². The number of hydrogen-bond donors (Lipinski definition) is 4. The summed E-state index contributed by atoms with van der Waals surface area (Å²) in [4.78, 5) is 7.94. The standard InChI is InChI=1S/C28H21FN6O2S/c1-38(36,37)32-14-16-8-18(10-20(29)9-16)22-6-3-7-25-23(22)13-26(33-25)27-24-12-19(15-31-28(24)35-34-27)17-4-2-5-21(30)11-17/h3-4,6-13,15,32-33H,14,30H2,1H3,(H,31,34,35). The van der Waals surface area contributed by atoms with E-state index >= 15 is 0 Å². The summed E-state index contributed by atoms with van der Waals surface area (Å²) < 4.78 is 40.0. The molecule has 8 nitrogen and oxygen atoms in total. The van der Waals surface area contributed by atoms with Crippen molar-refractivity contribution in [2.75, 3.05) is 12.0 Å². The van der Waals surface area contributed by atoms with Crippen molar-refractivity contribution in [3.05, 3.63) is 90.4 Å². The Morgan fingerprint density at radius 3 is 2.74 bits per heavy atom. The molecule has 10 heteroatoms. The predicted octanol–water partition coefficient (Wildman–Crippen LogP) is 4.81. The molecule has 0 saturated heterocycles. The fraction of sp³-hybridized carbons (Fsp3) is 0.0714. The number of H-pyrrole nitrogens is 2. The third kappa shape index (κ3) is 4.56. The SMILES string of the molecule is CS(=O)(=O)NCc1cc(F)cc(-c2cccc3[nH]c(-c4n[nH]c5ncc(-c6cc#cc(N)c6)cc45)cc23)c1. The Balaban J connectivity index is 1.43. The zero-order chi connectivity index (χ0) is 26.4. The summed E-state index contributed by atoms with van der Waals surface area (Å²) in [5, 5.41) is 9.18. The summed E-state index contributed by atoms with van der Waals surface area (Å²) in [6, 6.07) is 23.6. The molecule has 0 atom stereocenters. The Kier molecular flexibility index (Phi) is 5.60. The highest BCUT2D eigenvalue weighted by Crippen LogP contribution is 2.35. The molecular formula is C28H21FN6O2S. The van der Waals surface area contributed by atoms with E-state index in [-0.39, 0.29) is 6.54 Å². The average molecular weight is 525 g/mol. The van der Waals surface area contributed by atoms with Crippen molar-refractivity contribution in [1.29, 1.82) is 0 Å². The van der Waals surface area contributed by atoms with Crippen LogP contribution in [0.2, 0.25) is 0 Å². The van der Waals surface area contributed by atoms with Gasteiger partial charge in [0.2, 0.25) is 10.0 Å². The molecule has 0 bridgehead atoms. The Morgan fingerprint density at radius 1 is 1.05 bits per heavy atom. The summed E-state index contributed by atoms with van der Waals surface area (Å²) in [5.41, 5.74) is 13.0. The monoisotopic (exact) mass is 524 g/mol. The number of aromatic amines is 2. The van der Waals surface area contributed by atoms with Gasteiger partial charge in [-0.3, -0.25) is 5.10 Å². The van der Waals surface area contributed by atoms with Crippen molar-refractivity contribution in [2.24, 2.45) is 0 Å². The van der Waals surface area contributed by atoms with E-state index < -0.39 is 15.8 Å². The molecule has 6 aromatic rings. The second-order valence-corrected chi connectivity index (χ2v) is 10.9. The zero-order valence-electron chi connectivity index (χ0n) is 20.1. The number of nitrogens with zero attached hydrogens (tertiary/aromatic N) is 2. The molecule has 188 valence electrons. The van der Waals surface area contributed by atoms with Crippen molar-refractivity contribution in [1.82, 2.24) is 24.9 Å². The lowest BCUT2D eigenvalue weighted by Crippen LogP contribution is -2.21. The maximum atomic E-state index is 14.5. The van der Waals surface area contributed by atoms with Gasteiger partial charge in [-0.2, -0.15) is 5.10 Å². The van der Waals surface area contributed by atoms with Crippen molar-refractivity contribution < 1.29 is 12.8 Å². The Morgan fingerprint density at radius 2 is 1.92 bits per heavy atom. The van der Waals surface area contributed by atoms with Crippen molar-refractivity contribution in [3.8, 4) is 33.6 Å². The normalized spacial score (nSPS) is 11.7. The highest BCUT2D eigenvalue weighted by atomic mass is 32.2. The highest BCUT2D eigenvalue weighted by Gasteiger charge is 2.16. The van der Waals surface area contributed by atoms with Gasteiger partial charge in [0.15, 0.2) is 5.65 Å². The van der Waals surface area contributed by atoms with E-state index in [9.17, 15) is 12.8 Å². The van der Waals surface area contributed by atoms with Crippen LogP contribution in [0.15, 0.2) is 66.9 Å². The zero-order valence-corrected chi connectivity index (χ0v) is 20.9. The van der Waals surface area contributed by atoms with Gasteiger partial charge in [0, 0.05) is 34.6 Å². The number of fused-ring (bicyclic) bond motifs is 2. The van der Waals surface area contributed by atoms with E-state index in [2.05, 4.69) is 37.0 Å². The second-order valence-electron chi connectivity index (χ2n) is 9.05. The Labute approximate surface area is 217 Å². The molecule has 0 unspecified atom stereocenters. The van der Waals surface area contributed by atoms with E-state index in [1.165, 1.54) is 12.1 Å². The number of pyridine rings is 1. The molecule has 0 spiro atoms. The number of aromatic nitrogens is 4. The molecule has 0 aliphatic carbocycles. The van der Waals surface area contributed by atoms with E-state index in [1.807, 2.05) is 36.4 Å². The smallest absolute Gasteiger partial charge is 0.209 e. The van der Waals surface area contributed by atoms with Gasteiger partial charge in [-0.1, -0.05) is 18.2 Å². The van der Waals surface area contributed by atoms with Crippen LogP contribution in [0, 0.1) is 17.9 Å².